The van der Waals surface area contributed by atoms with Gasteiger partial charge in [0, 0.05) is 22.9 Å². The molecule has 1 heterocycles. The molecule has 0 spiro atoms. The van der Waals surface area contributed by atoms with Crippen molar-refractivity contribution in [2.24, 2.45) is 0 Å². The van der Waals surface area contributed by atoms with E-state index < -0.39 is 0 Å². The van der Waals surface area contributed by atoms with E-state index >= 15 is 0 Å². The molecule has 1 N–H and O–H groups in total. The molecule has 1 aliphatic carbocycles. The van der Waals surface area contributed by atoms with E-state index in [4.69, 9.17) is 16.6 Å². The summed E-state index contributed by atoms with van der Waals surface area (Å²) in [7, 11) is 0. The van der Waals surface area contributed by atoms with Gasteiger partial charge in [-0.2, -0.15) is 0 Å². The Balaban J connectivity index is 1.88. The SMILES string of the molecule is CCCNCc1sc(-c2ccc(F)c(Cl)c2)nc1C1CC1. The van der Waals surface area contributed by atoms with Crippen LogP contribution < -0.4 is 5.32 Å². The molecule has 112 valence electrons. The molecular formula is C16H18ClFN2S. The number of thiazole rings is 1. The molecule has 5 heteroatoms. The number of hydrogen-bond donors (Lipinski definition) is 1. The Morgan fingerprint density at radius 3 is 2.90 bits per heavy atom. The summed E-state index contributed by atoms with van der Waals surface area (Å²) in [6.45, 7) is 4.04. The van der Waals surface area contributed by atoms with E-state index in [1.165, 1.54) is 29.5 Å². The maximum absolute atomic E-state index is 13.3. The molecule has 1 aromatic carbocycles. The minimum atomic E-state index is -0.385. The molecule has 1 saturated carbocycles. The van der Waals surface area contributed by atoms with Crippen LogP contribution in [0.15, 0.2) is 18.2 Å². The number of hydrogen-bond acceptors (Lipinski definition) is 3. The van der Waals surface area contributed by atoms with Crippen LogP contribution in [-0.2, 0) is 6.54 Å². The highest BCUT2D eigenvalue weighted by Gasteiger charge is 2.29. The Morgan fingerprint density at radius 2 is 2.24 bits per heavy atom. The molecule has 0 unspecified atom stereocenters. The lowest BCUT2D eigenvalue weighted by molar-refractivity contribution is 0.628. The fraction of sp³-hybridized carbons (Fsp3) is 0.438. The molecule has 0 atom stereocenters. The summed E-state index contributed by atoms with van der Waals surface area (Å²) in [5.74, 6) is 0.230. The van der Waals surface area contributed by atoms with Gasteiger partial charge in [0.25, 0.3) is 0 Å². The Kier molecular flexibility index (Phi) is 4.57. The highest BCUT2D eigenvalue weighted by molar-refractivity contribution is 7.15. The second-order valence-corrected chi connectivity index (χ2v) is 6.90. The predicted molar refractivity (Wildman–Crippen MR) is 86.5 cm³/mol. The lowest BCUT2D eigenvalue weighted by Gasteiger charge is -2.01. The van der Waals surface area contributed by atoms with Gasteiger partial charge in [-0.3, -0.25) is 0 Å². The van der Waals surface area contributed by atoms with Crippen molar-refractivity contribution in [3.63, 3.8) is 0 Å². The quantitative estimate of drug-likeness (QED) is 0.758. The summed E-state index contributed by atoms with van der Waals surface area (Å²) in [5.41, 5.74) is 2.12. The van der Waals surface area contributed by atoms with Crippen LogP contribution in [0.3, 0.4) is 0 Å². The molecule has 0 amide bonds. The third kappa shape index (κ3) is 3.44. The zero-order chi connectivity index (χ0) is 14.8. The van der Waals surface area contributed by atoms with Crippen LogP contribution in [0.2, 0.25) is 5.02 Å². The fourth-order valence-corrected chi connectivity index (χ4v) is 3.59. The van der Waals surface area contributed by atoms with Crippen molar-refractivity contribution in [2.45, 2.75) is 38.6 Å². The number of nitrogens with one attached hydrogen (secondary N) is 1. The molecule has 0 saturated heterocycles. The van der Waals surface area contributed by atoms with Gasteiger partial charge in [-0.1, -0.05) is 18.5 Å². The smallest absolute Gasteiger partial charge is 0.141 e. The van der Waals surface area contributed by atoms with Crippen LogP contribution in [0.5, 0.6) is 0 Å². The Hall–Kier alpha value is -0.970. The maximum atomic E-state index is 13.3. The largest absolute Gasteiger partial charge is 0.312 e. The minimum Gasteiger partial charge on any atom is -0.312 e. The summed E-state index contributed by atoms with van der Waals surface area (Å²) in [6.07, 6.45) is 3.58. The molecule has 2 aromatic rings. The lowest BCUT2D eigenvalue weighted by Crippen LogP contribution is -2.13. The van der Waals surface area contributed by atoms with Crippen molar-refractivity contribution in [1.82, 2.24) is 10.3 Å². The van der Waals surface area contributed by atoms with Gasteiger partial charge >= 0.3 is 0 Å². The van der Waals surface area contributed by atoms with Gasteiger partial charge in [-0.15, -0.1) is 11.3 Å². The van der Waals surface area contributed by atoms with E-state index in [0.29, 0.717) is 5.92 Å². The molecule has 3 rings (SSSR count). The number of aromatic nitrogens is 1. The van der Waals surface area contributed by atoms with Crippen LogP contribution in [0.1, 0.15) is 42.7 Å². The van der Waals surface area contributed by atoms with E-state index in [9.17, 15) is 4.39 Å². The third-order valence-electron chi connectivity index (χ3n) is 3.57. The standard InChI is InChI=1S/C16H18ClFN2S/c1-2-7-19-9-14-15(10-3-4-10)20-16(21-14)11-5-6-13(18)12(17)8-11/h5-6,8,10,19H,2-4,7,9H2,1H3. The zero-order valence-electron chi connectivity index (χ0n) is 12.0. The van der Waals surface area contributed by atoms with Crippen LogP contribution in [0.4, 0.5) is 4.39 Å². The number of rotatable bonds is 6. The zero-order valence-corrected chi connectivity index (χ0v) is 13.5. The molecular weight excluding hydrogens is 307 g/mol. The predicted octanol–water partition coefficient (Wildman–Crippen LogP) is 4.98. The Morgan fingerprint density at radius 1 is 1.43 bits per heavy atom. The Bertz CT molecular complexity index is 637. The first-order valence-corrected chi connectivity index (χ1v) is 8.54. The monoisotopic (exact) mass is 324 g/mol. The summed E-state index contributed by atoms with van der Waals surface area (Å²) >= 11 is 7.57. The molecule has 0 radical (unpaired) electrons. The van der Waals surface area contributed by atoms with E-state index in [2.05, 4.69) is 12.2 Å². The first-order valence-electron chi connectivity index (χ1n) is 7.34. The van der Waals surface area contributed by atoms with E-state index in [1.807, 2.05) is 0 Å². The van der Waals surface area contributed by atoms with Gasteiger partial charge in [0.1, 0.15) is 10.8 Å². The van der Waals surface area contributed by atoms with Crippen molar-refractivity contribution in [1.29, 1.82) is 0 Å². The first kappa shape index (κ1) is 14.9. The van der Waals surface area contributed by atoms with Crippen molar-refractivity contribution < 1.29 is 4.39 Å². The normalized spacial score (nSPS) is 14.6. The van der Waals surface area contributed by atoms with Gasteiger partial charge in [0.05, 0.1) is 10.7 Å². The molecule has 21 heavy (non-hydrogen) atoms. The van der Waals surface area contributed by atoms with Gasteiger partial charge in [0.2, 0.25) is 0 Å². The minimum absolute atomic E-state index is 0.154. The average molecular weight is 325 g/mol. The molecule has 1 aliphatic rings. The third-order valence-corrected chi connectivity index (χ3v) is 4.98. The molecule has 0 aliphatic heterocycles. The van der Waals surface area contributed by atoms with Crippen LogP contribution in [0, 0.1) is 5.82 Å². The van der Waals surface area contributed by atoms with Gasteiger partial charge in [-0.05, 0) is 44.0 Å². The van der Waals surface area contributed by atoms with Crippen molar-refractivity contribution >= 4 is 22.9 Å². The summed E-state index contributed by atoms with van der Waals surface area (Å²) < 4.78 is 13.3. The highest BCUT2D eigenvalue weighted by Crippen LogP contribution is 2.44. The average Bonchev–Trinajstić information content (AvgIpc) is 3.23. The maximum Gasteiger partial charge on any atom is 0.141 e. The van der Waals surface area contributed by atoms with Gasteiger partial charge in [-0.25, -0.2) is 9.37 Å². The summed E-state index contributed by atoms with van der Waals surface area (Å²) in [4.78, 5) is 6.10. The summed E-state index contributed by atoms with van der Waals surface area (Å²) in [5, 5.41) is 4.54. The van der Waals surface area contributed by atoms with Crippen molar-refractivity contribution in [3.05, 3.63) is 39.6 Å². The van der Waals surface area contributed by atoms with E-state index in [-0.39, 0.29) is 10.8 Å². The van der Waals surface area contributed by atoms with Crippen LogP contribution >= 0.6 is 22.9 Å². The van der Waals surface area contributed by atoms with Crippen LogP contribution in [0.25, 0.3) is 10.6 Å². The lowest BCUT2D eigenvalue weighted by atomic mass is 10.2. The van der Waals surface area contributed by atoms with Crippen LogP contribution in [-0.4, -0.2) is 11.5 Å². The molecule has 1 aromatic heterocycles. The van der Waals surface area contributed by atoms with Gasteiger partial charge in [0.15, 0.2) is 0 Å². The van der Waals surface area contributed by atoms with E-state index in [1.54, 1.807) is 23.5 Å². The topological polar surface area (TPSA) is 24.9 Å². The Labute approximate surface area is 133 Å². The van der Waals surface area contributed by atoms with Crippen molar-refractivity contribution in [3.8, 4) is 10.6 Å². The molecule has 1 fully saturated rings. The fourth-order valence-electron chi connectivity index (χ4n) is 2.30. The van der Waals surface area contributed by atoms with E-state index in [0.717, 1.165) is 30.1 Å². The number of halogens is 2. The second kappa shape index (κ2) is 6.42. The second-order valence-electron chi connectivity index (χ2n) is 5.41. The number of nitrogens with zero attached hydrogens (tertiary/aromatic N) is 1. The summed E-state index contributed by atoms with van der Waals surface area (Å²) in [6, 6.07) is 4.82. The van der Waals surface area contributed by atoms with Crippen molar-refractivity contribution in [2.75, 3.05) is 6.54 Å². The first-order chi connectivity index (χ1) is 10.2. The number of benzene rings is 1. The molecule has 2 nitrogen and oxygen atoms in total. The van der Waals surface area contributed by atoms with Gasteiger partial charge < -0.3 is 5.32 Å². The molecule has 0 bridgehead atoms. The highest BCUT2D eigenvalue weighted by atomic mass is 35.5.